The predicted octanol–water partition coefficient (Wildman–Crippen LogP) is 3.11. The number of nitrogens with zero attached hydrogens (tertiary/aromatic N) is 1. The van der Waals surface area contributed by atoms with Crippen molar-refractivity contribution < 1.29 is 9.90 Å². The Hall–Kier alpha value is -1.51. The van der Waals surface area contributed by atoms with Gasteiger partial charge in [0.15, 0.2) is 0 Å². The molecule has 3 nitrogen and oxygen atoms in total. The van der Waals surface area contributed by atoms with Crippen LogP contribution in [0.4, 0.5) is 5.69 Å². The summed E-state index contributed by atoms with van der Waals surface area (Å²) in [6.45, 7) is 6.33. The lowest BCUT2D eigenvalue weighted by atomic mass is 9.95. The summed E-state index contributed by atoms with van der Waals surface area (Å²) in [4.78, 5) is 13.3. The Morgan fingerprint density at radius 2 is 2.24 bits per heavy atom. The van der Waals surface area contributed by atoms with Crippen LogP contribution in [0.3, 0.4) is 0 Å². The third kappa shape index (κ3) is 2.14. The number of fused-ring (bicyclic) bond motifs is 1. The molecule has 0 saturated heterocycles. The normalized spacial score (nSPS) is 18.2. The highest BCUT2D eigenvalue weighted by Gasteiger charge is 2.27. The zero-order valence-electron chi connectivity index (χ0n) is 10.4. The molecule has 1 atom stereocenters. The van der Waals surface area contributed by atoms with E-state index in [1.54, 1.807) is 6.07 Å². The molecule has 1 N–H and O–H groups in total. The molecule has 1 aromatic rings. The summed E-state index contributed by atoms with van der Waals surface area (Å²) in [6.07, 6.45) is 2.27. The largest absolute Gasteiger partial charge is 0.478 e. The van der Waals surface area contributed by atoms with Gasteiger partial charge in [-0.25, -0.2) is 4.79 Å². The Balaban J connectivity index is 2.39. The highest BCUT2D eigenvalue weighted by atomic mass is 16.4. The first-order chi connectivity index (χ1) is 8.17. The summed E-state index contributed by atoms with van der Waals surface area (Å²) < 4.78 is 0. The number of benzene rings is 1. The van der Waals surface area contributed by atoms with E-state index >= 15 is 0 Å². The second-order valence-corrected chi connectivity index (χ2v) is 4.60. The Labute approximate surface area is 102 Å². The second-order valence-electron chi connectivity index (χ2n) is 4.60. The molecular formula is C14H19NO2. The van der Waals surface area contributed by atoms with E-state index in [1.165, 1.54) is 11.3 Å². The molecule has 1 aliphatic rings. The maximum Gasteiger partial charge on any atom is 0.335 e. The Morgan fingerprint density at radius 3 is 2.82 bits per heavy atom. The molecule has 1 aromatic carbocycles. The van der Waals surface area contributed by atoms with Gasteiger partial charge in [0.05, 0.1) is 5.56 Å². The van der Waals surface area contributed by atoms with E-state index in [9.17, 15) is 4.79 Å². The molecular weight excluding hydrogens is 214 g/mol. The first kappa shape index (κ1) is 12.0. The predicted molar refractivity (Wildman–Crippen MR) is 68.9 cm³/mol. The molecule has 0 saturated carbocycles. The highest BCUT2D eigenvalue weighted by molar-refractivity contribution is 5.89. The number of likely N-dealkylation sites (N-methyl/N-ethyl adjacent to an activating group) is 1. The molecule has 2 rings (SSSR count). The molecule has 0 bridgehead atoms. The average molecular weight is 233 g/mol. The van der Waals surface area contributed by atoms with Gasteiger partial charge in [-0.15, -0.1) is 0 Å². The molecule has 92 valence electrons. The average Bonchev–Trinajstić information content (AvgIpc) is 2.67. The summed E-state index contributed by atoms with van der Waals surface area (Å²) in [7, 11) is 0. The van der Waals surface area contributed by atoms with Crippen molar-refractivity contribution in [1.82, 2.24) is 0 Å². The quantitative estimate of drug-likeness (QED) is 0.868. The smallest absolute Gasteiger partial charge is 0.335 e. The molecule has 17 heavy (non-hydrogen) atoms. The molecule has 0 aliphatic carbocycles. The van der Waals surface area contributed by atoms with Gasteiger partial charge in [-0.05, 0) is 37.1 Å². The lowest BCUT2D eigenvalue weighted by Gasteiger charge is -2.16. The van der Waals surface area contributed by atoms with Crippen molar-refractivity contribution in [3.8, 4) is 0 Å². The van der Waals surface area contributed by atoms with Crippen molar-refractivity contribution in [3.05, 3.63) is 29.3 Å². The molecule has 0 radical (unpaired) electrons. The Morgan fingerprint density at radius 1 is 1.47 bits per heavy atom. The Kier molecular flexibility index (Phi) is 3.36. The Bertz CT molecular complexity index is 428. The number of anilines is 1. The van der Waals surface area contributed by atoms with E-state index in [1.807, 2.05) is 12.1 Å². The number of carboxylic acids is 1. The summed E-state index contributed by atoms with van der Waals surface area (Å²) >= 11 is 0. The molecule has 0 aromatic heterocycles. The van der Waals surface area contributed by atoms with Crippen molar-refractivity contribution >= 4 is 11.7 Å². The maximum absolute atomic E-state index is 11.0. The number of carboxylic acid groups (broad SMARTS) is 1. The van der Waals surface area contributed by atoms with Crippen LogP contribution < -0.4 is 4.90 Å². The van der Waals surface area contributed by atoms with Crippen molar-refractivity contribution in [2.75, 3.05) is 18.0 Å². The number of hydrogen-bond acceptors (Lipinski definition) is 2. The maximum atomic E-state index is 11.0. The van der Waals surface area contributed by atoms with E-state index in [2.05, 4.69) is 18.7 Å². The SMILES string of the molecule is CCCC1CN(CC)c2ccc(C(=O)O)cc21. The van der Waals surface area contributed by atoms with Crippen LogP contribution in [0.5, 0.6) is 0 Å². The fraction of sp³-hybridized carbons (Fsp3) is 0.500. The van der Waals surface area contributed by atoms with Crippen molar-refractivity contribution in [2.24, 2.45) is 0 Å². The third-order valence-electron chi connectivity index (χ3n) is 3.51. The van der Waals surface area contributed by atoms with Crippen LogP contribution in [0.1, 0.15) is 48.5 Å². The van der Waals surface area contributed by atoms with Gasteiger partial charge < -0.3 is 10.0 Å². The summed E-state index contributed by atoms with van der Waals surface area (Å²) in [5, 5.41) is 9.04. The van der Waals surface area contributed by atoms with Crippen LogP contribution in [0.25, 0.3) is 0 Å². The van der Waals surface area contributed by atoms with Gasteiger partial charge in [0.2, 0.25) is 0 Å². The van der Waals surface area contributed by atoms with Gasteiger partial charge >= 0.3 is 5.97 Å². The third-order valence-corrected chi connectivity index (χ3v) is 3.51. The van der Waals surface area contributed by atoms with Crippen LogP contribution in [0.15, 0.2) is 18.2 Å². The van der Waals surface area contributed by atoms with Crippen LogP contribution in [0.2, 0.25) is 0 Å². The number of rotatable bonds is 4. The zero-order valence-corrected chi connectivity index (χ0v) is 10.4. The van der Waals surface area contributed by atoms with Gasteiger partial charge in [-0.3, -0.25) is 0 Å². The van der Waals surface area contributed by atoms with Crippen LogP contribution in [-0.2, 0) is 0 Å². The van der Waals surface area contributed by atoms with Crippen LogP contribution in [-0.4, -0.2) is 24.2 Å². The second kappa shape index (κ2) is 4.78. The molecule has 1 unspecified atom stereocenters. The highest BCUT2D eigenvalue weighted by Crippen LogP contribution is 2.38. The lowest BCUT2D eigenvalue weighted by Crippen LogP contribution is -2.20. The molecule has 1 aliphatic heterocycles. The van der Waals surface area contributed by atoms with E-state index in [4.69, 9.17) is 5.11 Å². The van der Waals surface area contributed by atoms with E-state index in [0.29, 0.717) is 11.5 Å². The minimum Gasteiger partial charge on any atom is -0.478 e. The minimum absolute atomic E-state index is 0.405. The van der Waals surface area contributed by atoms with E-state index < -0.39 is 5.97 Å². The molecule has 3 heteroatoms. The minimum atomic E-state index is -0.835. The monoisotopic (exact) mass is 233 g/mol. The van der Waals surface area contributed by atoms with Crippen LogP contribution >= 0.6 is 0 Å². The topological polar surface area (TPSA) is 40.5 Å². The van der Waals surface area contributed by atoms with Gasteiger partial charge in [0, 0.05) is 24.7 Å². The molecule has 0 fully saturated rings. The molecule has 0 amide bonds. The first-order valence-electron chi connectivity index (χ1n) is 6.29. The van der Waals surface area contributed by atoms with Crippen LogP contribution in [0, 0.1) is 0 Å². The zero-order chi connectivity index (χ0) is 12.4. The molecule has 0 spiro atoms. The summed E-state index contributed by atoms with van der Waals surface area (Å²) in [5.74, 6) is -0.341. The van der Waals surface area contributed by atoms with E-state index in [0.717, 1.165) is 25.9 Å². The van der Waals surface area contributed by atoms with Gasteiger partial charge in [0.25, 0.3) is 0 Å². The van der Waals surface area contributed by atoms with E-state index in [-0.39, 0.29) is 0 Å². The van der Waals surface area contributed by atoms with Crippen molar-refractivity contribution in [1.29, 1.82) is 0 Å². The summed E-state index contributed by atoms with van der Waals surface area (Å²) in [6, 6.07) is 5.52. The number of aromatic carboxylic acids is 1. The standard InChI is InChI=1S/C14H19NO2/c1-3-5-11-9-15(4-2)13-7-6-10(14(16)17)8-12(11)13/h6-8,11H,3-5,9H2,1-2H3,(H,16,17). The summed E-state index contributed by atoms with van der Waals surface area (Å²) in [5.41, 5.74) is 2.84. The molecule has 1 heterocycles. The van der Waals surface area contributed by atoms with Crippen molar-refractivity contribution in [3.63, 3.8) is 0 Å². The fourth-order valence-electron chi connectivity index (χ4n) is 2.66. The number of carbonyl (C=O) groups is 1. The van der Waals surface area contributed by atoms with Gasteiger partial charge in [-0.2, -0.15) is 0 Å². The fourth-order valence-corrected chi connectivity index (χ4v) is 2.66. The van der Waals surface area contributed by atoms with Crippen molar-refractivity contribution in [2.45, 2.75) is 32.6 Å². The first-order valence-corrected chi connectivity index (χ1v) is 6.29. The lowest BCUT2D eigenvalue weighted by molar-refractivity contribution is 0.0697. The van der Waals surface area contributed by atoms with Gasteiger partial charge in [-0.1, -0.05) is 13.3 Å². The number of hydrogen-bond donors (Lipinski definition) is 1. The van der Waals surface area contributed by atoms with Gasteiger partial charge in [0.1, 0.15) is 0 Å².